The van der Waals surface area contributed by atoms with Gasteiger partial charge in [0.2, 0.25) is 5.75 Å². The molecule has 0 aliphatic heterocycles. The van der Waals surface area contributed by atoms with Crippen LogP contribution in [0, 0.1) is 0 Å². The summed E-state index contributed by atoms with van der Waals surface area (Å²) >= 11 is 5.71. The SMILES string of the molecule is CCN(CCCl)C(=O)c1cc(OC)c(OC)c(OC)c1. The number of hydrogen-bond donors (Lipinski definition) is 0. The van der Waals surface area contributed by atoms with Crippen molar-refractivity contribution in [3.63, 3.8) is 0 Å². The molecule has 0 unspecified atom stereocenters. The number of amides is 1. The Bertz CT molecular complexity index is 439. The highest BCUT2D eigenvalue weighted by Crippen LogP contribution is 2.38. The van der Waals surface area contributed by atoms with Crippen molar-refractivity contribution < 1.29 is 19.0 Å². The molecule has 0 radical (unpaired) electrons. The second-order valence-electron chi connectivity index (χ2n) is 3.99. The van der Waals surface area contributed by atoms with E-state index in [4.69, 9.17) is 25.8 Å². The Morgan fingerprint density at radius 1 is 1.15 bits per heavy atom. The molecule has 0 aliphatic carbocycles. The third kappa shape index (κ3) is 3.48. The van der Waals surface area contributed by atoms with Crippen molar-refractivity contribution in [2.24, 2.45) is 0 Å². The second kappa shape index (κ2) is 7.85. The highest BCUT2D eigenvalue weighted by atomic mass is 35.5. The predicted molar refractivity (Wildman–Crippen MR) is 78.4 cm³/mol. The van der Waals surface area contributed by atoms with Crippen LogP contribution in [0.25, 0.3) is 0 Å². The smallest absolute Gasteiger partial charge is 0.254 e. The number of alkyl halides is 1. The fourth-order valence-electron chi connectivity index (χ4n) is 1.89. The molecule has 1 aromatic carbocycles. The number of hydrogen-bond acceptors (Lipinski definition) is 4. The number of ether oxygens (including phenoxy) is 3. The zero-order valence-corrected chi connectivity index (χ0v) is 13.0. The van der Waals surface area contributed by atoms with Gasteiger partial charge < -0.3 is 19.1 Å². The molecule has 0 spiro atoms. The lowest BCUT2D eigenvalue weighted by atomic mass is 10.1. The summed E-state index contributed by atoms with van der Waals surface area (Å²) < 4.78 is 15.7. The van der Waals surface area contributed by atoms with Gasteiger partial charge in [-0.15, -0.1) is 11.6 Å². The van der Waals surface area contributed by atoms with E-state index in [1.807, 2.05) is 6.92 Å². The van der Waals surface area contributed by atoms with Crippen molar-refractivity contribution >= 4 is 17.5 Å². The molecule has 0 saturated carbocycles. The molecule has 0 N–H and O–H groups in total. The number of benzene rings is 1. The Morgan fingerprint density at radius 3 is 2.05 bits per heavy atom. The lowest BCUT2D eigenvalue weighted by Crippen LogP contribution is -2.32. The summed E-state index contributed by atoms with van der Waals surface area (Å²) in [5, 5.41) is 0. The van der Waals surface area contributed by atoms with E-state index in [1.165, 1.54) is 21.3 Å². The van der Waals surface area contributed by atoms with Gasteiger partial charge in [-0.2, -0.15) is 0 Å². The van der Waals surface area contributed by atoms with Crippen molar-refractivity contribution in [2.75, 3.05) is 40.3 Å². The molecule has 20 heavy (non-hydrogen) atoms. The fraction of sp³-hybridized carbons (Fsp3) is 0.500. The van der Waals surface area contributed by atoms with Crippen LogP contribution in [-0.2, 0) is 0 Å². The molecular weight excluding hydrogens is 282 g/mol. The standard InChI is InChI=1S/C14H20ClNO4/c1-5-16(7-6-15)14(17)10-8-11(18-2)13(20-4)12(9-10)19-3/h8-9H,5-7H2,1-4H3. The minimum atomic E-state index is -0.118. The minimum absolute atomic E-state index is 0.118. The van der Waals surface area contributed by atoms with E-state index in [9.17, 15) is 4.79 Å². The van der Waals surface area contributed by atoms with Crippen LogP contribution in [0.3, 0.4) is 0 Å². The van der Waals surface area contributed by atoms with E-state index in [0.717, 1.165) is 0 Å². The Hall–Kier alpha value is -1.62. The highest BCUT2D eigenvalue weighted by molar-refractivity contribution is 6.18. The Kier molecular flexibility index (Phi) is 6.45. The summed E-state index contributed by atoms with van der Waals surface area (Å²) in [6, 6.07) is 3.28. The summed E-state index contributed by atoms with van der Waals surface area (Å²) in [5.74, 6) is 1.65. The molecule has 0 atom stereocenters. The molecular formula is C14H20ClNO4. The summed E-state index contributed by atoms with van der Waals surface area (Å²) in [7, 11) is 4.55. The second-order valence-corrected chi connectivity index (χ2v) is 4.37. The van der Waals surface area contributed by atoms with E-state index in [1.54, 1.807) is 17.0 Å². The van der Waals surface area contributed by atoms with Crippen molar-refractivity contribution in [1.82, 2.24) is 4.90 Å². The number of rotatable bonds is 7. The Balaban J connectivity index is 3.21. The molecule has 0 bridgehead atoms. The Morgan fingerprint density at radius 2 is 1.70 bits per heavy atom. The highest BCUT2D eigenvalue weighted by Gasteiger charge is 2.20. The average Bonchev–Trinajstić information content (AvgIpc) is 2.50. The van der Waals surface area contributed by atoms with Crippen LogP contribution >= 0.6 is 11.6 Å². The van der Waals surface area contributed by atoms with Gasteiger partial charge in [-0.05, 0) is 19.1 Å². The summed E-state index contributed by atoms with van der Waals surface area (Å²) in [6.45, 7) is 2.98. The first-order valence-electron chi connectivity index (χ1n) is 6.28. The molecule has 1 amide bonds. The molecule has 112 valence electrons. The zero-order chi connectivity index (χ0) is 15.1. The molecule has 1 aromatic rings. The van der Waals surface area contributed by atoms with Gasteiger partial charge in [0.1, 0.15) is 0 Å². The van der Waals surface area contributed by atoms with E-state index >= 15 is 0 Å². The van der Waals surface area contributed by atoms with Crippen LogP contribution in [0.2, 0.25) is 0 Å². The number of nitrogens with zero attached hydrogens (tertiary/aromatic N) is 1. The molecule has 0 aromatic heterocycles. The van der Waals surface area contributed by atoms with Crippen LogP contribution in [-0.4, -0.2) is 51.1 Å². The van der Waals surface area contributed by atoms with Gasteiger partial charge in [0.05, 0.1) is 21.3 Å². The Labute approximate surface area is 124 Å². The first-order chi connectivity index (χ1) is 9.62. The topological polar surface area (TPSA) is 48.0 Å². The number of halogens is 1. The van der Waals surface area contributed by atoms with Crippen LogP contribution in [0.15, 0.2) is 12.1 Å². The molecule has 0 saturated heterocycles. The minimum Gasteiger partial charge on any atom is -0.493 e. The van der Waals surface area contributed by atoms with Crippen LogP contribution in [0.4, 0.5) is 0 Å². The van der Waals surface area contributed by atoms with Gasteiger partial charge in [-0.1, -0.05) is 0 Å². The van der Waals surface area contributed by atoms with Crippen molar-refractivity contribution in [1.29, 1.82) is 0 Å². The first kappa shape index (κ1) is 16.4. The van der Waals surface area contributed by atoms with Crippen molar-refractivity contribution in [2.45, 2.75) is 6.92 Å². The van der Waals surface area contributed by atoms with E-state index < -0.39 is 0 Å². The predicted octanol–water partition coefficient (Wildman–Crippen LogP) is 2.41. The van der Waals surface area contributed by atoms with Gasteiger partial charge in [0.15, 0.2) is 11.5 Å². The molecule has 0 aliphatic rings. The average molecular weight is 302 g/mol. The van der Waals surface area contributed by atoms with E-state index in [0.29, 0.717) is 41.8 Å². The van der Waals surface area contributed by atoms with E-state index in [2.05, 4.69) is 0 Å². The van der Waals surface area contributed by atoms with Crippen LogP contribution in [0.1, 0.15) is 17.3 Å². The normalized spacial score (nSPS) is 10.1. The maximum absolute atomic E-state index is 12.4. The van der Waals surface area contributed by atoms with Crippen LogP contribution in [0.5, 0.6) is 17.2 Å². The van der Waals surface area contributed by atoms with Crippen molar-refractivity contribution in [3.8, 4) is 17.2 Å². The summed E-state index contributed by atoms with van der Waals surface area (Å²) in [5.41, 5.74) is 0.478. The van der Waals surface area contributed by atoms with E-state index in [-0.39, 0.29) is 5.91 Å². The third-order valence-corrected chi connectivity index (χ3v) is 3.10. The molecule has 1 rings (SSSR count). The lowest BCUT2D eigenvalue weighted by molar-refractivity contribution is 0.0773. The summed E-state index contributed by atoms with van der Waals surface area (Å²) in [6.07, 6.45) is 0. The molecule has 5 nitrogen and oxygen atoms in total. The number of carbonyl (C=O) groups excluding carboxylic acids is 1. The number of methoxy groups -OCH3 is 3. The maximum Gasteiger partial charge on any atom is 0.254 e. The quantitative estimate of drug-likeness (QED) is 0.726. The largest absolute Gasteiger partial charge is 0.493 e. The molecule has 0 heterocycles. The lowest BCUT2D eigenvalue weighted by Gasteiger charge is -2.21. The van der Waals surface area contributed by atoms with Gasteiger partial charge in [0.25, 0.3) is 5.91 Å². The monoisotopic (exact) mass is 301 g/mol. The van der Waals surface area contributed by atoms with Gasteiger partial charge >= 0.3 is 0 Å². The third-order valence-electron chi connectivity index (χ3n) is 2.94. The van der Waals surface area contributed by atoms with Crippen molar-refractivity contribution in [3.05, 3.63) is 17.7 Å². The summed E-state index contributed by atoms with van der Waals surface area (Å²) in [4.78, 5) is 14.1. The van der Waals surface area contributed by atoms with Gasteiger partial charge in [0, 0.05) is 24.5 Å². The first-order valence-corrected chi connectivity index (χ1v) is 6.81. The maximum atomic E-state index is 12.4. The van der Waals surface area contributed by atoms with Crippen LogP contribution < -0.4 is 14.2 Å². The fourth-order valence-corrected chi connectivity index (χ4v) is 2.10. The number of carbonyl (C=O) groups is 1. The molecule has 0 fully saturated rings. The van der Waals surface area contributed by atoms with Gasteiger partial charge in [-0.25, -0.2) is 0 Å². The zero-order valence-electron chi connectivity index (χ0n) is 12.2. The van der Waals surface area contributed by atoms with Gasteiger partial charge in [-0.3, -0.25) is 4.79 Å². The molecule has 6 heteroatoms.